The molecule has 0 spiro atoms. The predicted octanol–water partition coefficient (Wildman–Crippen LogP) is 1.14. The van der Waals surface area contributed by atoms with Crippen LogP contribution in [0.4, 0.5) is 0 Å². The number of esters is 1. The fourth-order valence-electron chi connectivity index (χ4n) is 2.13. The summed E-state index contributed by atoms with van der Waals surface area (Å²) in [6.07, 6.45) is 3.38. The van der Waals surface area contributed by atoms with E-state index < -0.39 is 17.4 Å². The smallest absolute Gasteiger partial charge is 0.328 e. The minimum atomic E-state index is -0.943. The van der Waals surface area contributed by atoms with Crippen molar-refractivity contribution < 1.29 is 14.3 Å². The maximum absolute atomic E-state index is 12.0. The number of nitrogens with zero attached hydrogens (tertiary/aromatic N) is 1. The molecule has 5 nitrogen and oxygen atoms in total. The molecule has 0 heterocycles. The van der Waals surface area contributed by atoms with Crippen LogP contribution in [0.3, 0.4) is 0 Å². The van der Waals surface area contributed by atoms with Gasteiger partial charge in [-0.15, -0.1) is 0 Å². The van der Waals surface area contributed by atoms with Gasteiger partial charge in [-0.1, -0.05) is 19.8 Å². The van der Waals surface area contributed by atoms with Gasteiger partial charge in [0, 0.05) is 0 Å². The molecule has 1 N–H and O–H groups in total. The van der Waals surface area contributed by atoms with E-state index in [1.807, 2.05) is 0 Å². The van der Waals surface area contributed by atoms with Crippen LogP contribution in [-0.4, -0.2) is 25.0 Å². The summed E-state index contributed by atoms with van der Waals surface area (Å²) in [5, 5.41) is 11.8. The summed E-state index contributed by atoms with van der Waals surface area (Å²) in [5.74, 6) is -0.804. The highest BCUT2D eigenvalue weighted by atomic mass is 16.5. The minimum absolute atomic E-state index is 0.338. The molecule has 0 aromatic heterocycles. The van der Waals surface area contributed by atoms with Gasteiger partial charge >= 0.3 is 5.97 Å². The molecule has 0 aromatic carbocycles. The molecular formula is C12H18N2O3. The number of hydrogen-bond acceptors (Lipinski definition) is 4. The van der Waals surface area contributed by atoms with Crippen molar-refractivity contribution in [2.45, 2.75) is 45.1 Å². The first-order valence-corrected chi connectivity index (χ1v) is 5.89. The Morgan fingerprint density at radius 3 is 2.47 bits per heavy atom. The molecule has 94 valence electrons. The summed E-state index contributed by atoms with van der Waals surface area (Å²) in [5.41, 5.74) is -0.943. The summed E-state index contributed by atoms with van der Waals surface area (Å²) in [7, 11) is 1.28. The molecule has 1 saturated carbocycles. The molecule has 0 bridgehead atoms. The molecule has 0 radical (unpaired) electrons. The maximum atomic E-state index is 12.0. The molecule has 17 heavy (non-hydrogen) atoms. The monoisotopic (exact) mass is 238 g/mol. The van der Waals surface area contributed by atoms with E-state index in [2.05, 4.69) is 16.1 Å². The lowest BCUT2D eigenvalue weighted by Crippen LogP contribution is -2.47. The van der Waals surface area contributed by atoms with Crippen molar-refractivity contribution in [3.05, 3.63) is 0 Å². The van der Waals surface area contributed by atoms with Crippen molar-refractivity contribution in [2.75, 3.05) is 7.11 Å². The van der Waals surface area contributed by atoms with Crippen molar-refractivity contribution in [3.63, 3.8) is 0 Å². The van der Waals surface area contributed by atoms with Crippen LogP contribution in [0.1, 0.15) is 39.0 Å². The zero-order valence-electron chi connectivity index (χ0n) is 10.3. The Labute approximate surface area is 101 Å². The molecule has 1 fully saturated rings. The lowest BCUT2D eigenvalue weighted by atomic mass is 9.86. The first kappa shape index (κ1) is 13.5. The SMILES string of the molecule is CC[C@H](NC(=O)C1(C#N)CCCC1)C(=O)OC. The van der Waals surface area contributed by atoms with Crippen LogP contribution in [0.5, 0.6) is 0 Å². The fourth-order valence-corrected chi connectivity index (χ4v) is 2.13. The van der Waals surface area contributed by atoms with Crippen LogP contribution < -0.4 is 5.32 Å². The summed E-state index contributed by atoms with van der Waals surface area (Å²) >= 11 is 0. The molecule has 0 aromatic rings. The second-order valence-electron chi connectivity index (χ2n) is 4.36. The third kappa shape index (κ3) is 2.76. The van der Waals surface area contributed by atoms with Gasteiger partial charge in [0.15, 0.2) is 0 Å². The van der Waals surface area contributed by atoms with Gasteiger partial charge in [-0.25, -0.2) is 4.79 Å². The first-order valence-electron chi connectivity index (χ1n) is 5.89. The van der Waals surface area contributed by atoms with Gasteiger partial charge in [0.25, 0.3) is 0 Å². The Morgan fingerprint density at radius 1 is 1.47 bits per heavy atom. The lowest BCUT2D eigenvalue weighted by Gasteiger charge is -2.22. The summed E-state index contributed by atoms with van der Waals surface area (Å²) in [4.78, 5) is 23.4. The van der Waals surface area contributed by atoms with Crippen LogP contribution in [0.2, 0.25) is 0 Å². The zero-order chi connectivity index (χ0) is 12.9. The molecule has 0 aliphatic heterocycles. The van der Waals surface area contributed by atoms with Crippen LogP contribution in [-0.2, 0) is 14.3 Å². The predicted molar refractivity (Wildman–Crippen MR) is 60.8 cm³/mol. The Morgan fingerprint density at radius 2 is 2.06 bits per heavy atom. The van der Waals surface area contributed by atoms with Crippen molar-refractivity contribution >= 4 is 11.9 Å². The molecule has 1 rings (SSSR count). The standard InChI is InChI=1S/C12H18N2O3/c1-3-9(10(15)17-2)14-11(16)12(8-13)6-4-5-7-12/h9H,3-7H2,1-2H3,(H,14,16)/t9-/m0/s1. The van der Waals surface area contributed by atoms with E-state index in [9.17, 15) is 9.59 Å². The van der Waals surface area contributed by atoms with Gasteiger partial charge in [0.05, 0.1) is 13.2 Å². The number of nitriles is 1. The van der Waals surface area contributed by atoms with Gasteiger partial charge in [0.2, 0.25) is 5.91 Å². The number of methoxy groups -OCH3 is 1. The Hall–Kier alpha value is -1.57. The number of nitrogens with one attached hydrogen (secondary N) is 1. The highest BCUT2D eigenvalue weighted by Gasteiger charge is 2.42. The molecule has 1 aliphatic rings. The third-order valence-electron chi connectivity index (χ3n) is 3.31. The normalized spacial score (nSPS) is 19.1. The number of hydrogen-bond donors (Lipinski definition) is 1. The van der Waals surface area contributed by atoms with Crippen LogP contribution >= 0.6 is 0 Å². The Kier molecular flexibility index (Phi) is 4.50. The van der Waals surface area contributed by atoms with E-state index in [4.69, 9.17) is 5.26 Å². The van der Waals surface area contributed by atoms with Gasteiger partial charge in [-0.05, 0) is 19.3 Å². The average molecular weight is 238 g/mol. The summed E-state index contributed by atoms with van der Waals surface area (Å²) < 4.78 is 4.60. The quantitative estimate of drug-likeness (QED) is 0.745. The van der Waals surface area contributed by atoms with Gasteiger partial charge < -0.3 is 10.1 Å². The molecule has 5 heteroatoms. The molecule has 1 atom stereocenters. The van der Waals surface area contributed by atoms with E-state index in [0.29, 0.717) is 19.3 Å². The highest BCUT2D eigenvalue weighted by molar-refractivity contribution is 5.90. The number of carbonyl (C=O) groups is 2. The average Bonchev–Trinajstić information content (AvgIpc) is 2.84. The van der Waals surface area contributed by atoms with E-state index in [-0.39, 0.29) is 5.91 Å². The van der Waals surface area contributed by atoms with Gasteiger partial charge in [0.1, 0.15) is 11.5 Å². The number of amides is 1. The summed E-state index contributed by atoms with van der Waals surface area (Å²) in [6.45, 7) is 1.79. The van der Waals surface area contributed by atoms with Crippen molar-refractivity contribution in [3.8, 4) is 6.07 Å². The number of ether oxygens (including phenoxy) is 1. The zero-order valence-corrected chi connectivity index (χ0v) is 10.3. The van der Waals surface area contributed by atoms with Crippen LogP contribution in [0.25, 0.3) is 0 Å². The highest BCUT2D eigenvalue weighted by Crippen LogP contribution is 2.37. The van der Waals surface area contributed by atoms with Crippen molar-refractivity contribution in [1.82, 2.24) is 5.32 Å². The second kappa shape index (κ2) is 5.67. The number of rotatable bonds is 4. The van der Waals surface area contributed by atoms with E-state index in [1.54, 1.807) is 6.92 Å². The van der Waals surface area contributed by atoms with E-state index in [0.717, 1.165) is 12.8 Å². The van der Waals surface area contributed by atoms with E-state index >= 15 is 0 Å². The Bertz CT molecular complexity index is 340. The minimum Gasteiger partial charge on any atom is -0.467 e. The third-order valence-corrected chi connectivity index (χ3v) is 3.31. The first-order chi connectivity index (χ1) is 8.09. The second-order valence-corrected chi connectivity index (χ2v) is 4.36. The molecule has 0 unspecified atom stereocenters. The Balaban J connectivity index is 2.70. The van der Waals surface area contributed by atoms with Gasteiger partial charge in [-0.2, -0.15) is 5.26 Å². The maximum Gasteiger partial charge on any atom is 0.328 e. The summed E-state index contributed by atoms with van der Waals surface area (Å²) in [6, 6.07) is 1.45. The largest absolute Gasteiger partial charge is 0.467 e. The molecule has 1 amide bonds. The lowest BCUT2D eigenvalue weighted by molar-refractivity contribution is -0.146. The van der Waals surface area contributed by atoms with Crippen LogP contribution in [0, 0.1) is 16.7 Å². The van der Waals surface area contributed by atoms with Crippen molar-refractivity contribution in [2.24, 2.45) is 5.41 Å². The molecule has 1 aliphatic carbocycles. The fraction of sp³-hybridized carbons (Fsp3) is 0.750. The molecular weight excluding hydrogens is 220 g/mol. The van der Waals surface area contributed by atoms with Crippen LogP contribution in [0.15, 0.2) is 0 Å². The van der Waals surface area contributed by atoms with Gasteiger partial charge in [-0.3, -0.25) is 4.79 Å². The van der Waals surface area contributed by atoms with Crippen molar-refractivity contribution in [1.29, 1.82) is 5.26 Å². The topological polar surface area (TPSA) is 79.2 Å². The number of carbonyl (C=O) groups excluding carboxylic acids is 2. The molecule has 0 saturated heterocycles. The van der Waals surface area contributed by atoms with E-state index in [1.165, 1.54) is 7.11 Å².